The first kappa shape index (κ1) is 15.2. The van der Waals surface area contributed by atoms with Gasteiger partial charge in [0.1, 0.15) is 0 Å². The van der Waals surface area contributed by atoms with Gasteiger partial charge in [-0.25, -0.2) is 4.98 Å². The number of aromatic nitrogens is 1. The third-order valence-electron chi connectivity index (χ3n) is 3.52. The maximum Gasteiger partial charge on any atom is 0.0900 e. The van der Waals surface area contributed by atoms with Crippen molar-refractivity contribution in [3.8, 4) is 0 Å². The largest absolute Gasteiger partial charge is 0.306 e. The normalized spacial score (nSPS) is 12.6. The minimum absolute atomic E-state index is 0.270. The first-order chi connectivity index (χ1) is 9.65. The lowest BCUT2D eigenvalue weighted by Gasteiger charge is -2.18. The van der Waals surface area contributed by atoms with Crippen LogP contribution in [0.5, 0.6) is 0 Å². The number of aryl methyl sites for hydroxylation is 3. The van der Waals surface area contributed by atoms with Crippen LogP contribution >= 0.6 is 11.3 Å². The van der Waals surface area contributed by atoms with Crippen molar-refractivity contribution in [2.45, 2.75) is 46.6 Å². The molecule has 1 N–H and O–H groups in total. The second-order valence-electron chi connectivity index (χ2n) is 5.16. The number of nitrogens with one attached hydrogen (secondary N) is 1. The number of rotatable bonds is 6. The van der Waals surface area contributed by atoms with E-state index < -0.39 is 0 Å². The lowest BCUT2D eigenvalue weighted by Crippen LogP contribution is -2.23. The molecule has 3 heteroatoms. The topological polar surface area (TPSA) is 24.9 Å². The van der Waals surface area contributed by atoms with E-state index in [1.54, 1.807) is 11.3 Å². The summed E-state index contributed by atoms with van der Waals surface area (Å²) in [6.07, 6.45) is 2.23. The van der Waals surface area contributed by atoms with Gasteiger partial charge in [-0.3, -0.25) is 0 Å². The first-order valence-corrected chi connectivity index (χ1v) is 8.23. The van der Waals surface area contributed by atoms with Crippen LogP contribution in [0.1, 0.15) is 53.0 Å². The number of nitrogens with zero attached hydrogens (tertiary/aromatic N) is 1. The first-order valence-electron chi connectivity index (χ1n) is 7.41. The van der Waals surface area contributed by atoms with Crippen LogP contribution in [0.15, 0.2) is 24.3 Å². The molecule has 0 aliphatic rings. The van der Waals surface area contributed by atoms with Gasteiger partial charge < -0.3 is 5.32 Å². The van der Waals surface area contributed by atoms with Crippen molar-refractivity contribution in [1.82, 2.24) is 10.3 Å². The fraction of sp³-hybridized carbons (Fsp3) is 0.471. The van der Waals surface area contributed by atoms with Gasteiger partial charge in [-0.2, -0.15) is 0 Å². The molecule has 2 aromatic rings. The molecule has 1 aromatic heterocycles. The second-order valence-corrected chi connectivity index (χ2v) is 6.40. The van der Waals surface area contributed by atoms with Crippen LogP contribution in [0.3, 0.4) is 0 Å². The molecule has 0 spiro atoms. The highest BCUT2D eigenvalue weighted by Crippen LogP contribution is 2.30. The van der Waals surface area contributed by atoms with Crippen LogP contribution in [0.25, 0.3) is 0 Å². The molecular weight excluding hydrogens is 264 g/mol. The van der Waals surface area contributed by atoms with E-state index in [1.165, 1.54) is 16.0 Å². The summed E-state index contributed by atoms with van der Waals surface area (Å²) in [5.41, 5.74) is 3.88. The predicted octanol–water partition coefficient (Wildman–Crippen LogP) is 4.41. The van der Waals surface area contributed by atoms with E-state index in [9.17, 15) is 0 Å². The number of hydrogen-bond donors (Lipinski definition) is 1. The van der Waals surface area contributed by atoms with Crippen molar-refractivity contribution in [2.24, 2.45) is 0 Å². The van der Waals surface area contributed by atoms with E-state index in [2.05, 4.69) is 62.3 Å². The Hall–Kier alpha value is -1.19. The molecule has 0 aliphatic carbocycles. The van der Waals surface area contributed by atoms with Gasteiger partial charge in [-0.15, -0.1) is 11.3 Å². The molecule has 0 radical (unpaired) electrons. The molecule has 0 bridgehead atoms. The summed E-state index contributed by atoms with van der Waals surface area (Å²) in [5, 5.41) is 4.81. The fourth-order valence-electron chi connectivity index (χ4n) is 2.41. The van der Waals surface area contributed by atoms with Crippen LogP contribution in [-0.4, -0.2) is 11.5 Å². The maximum atomic E-state index is 4.58. The summed E-state index contributed by atoms with van der Waals surface area (Å²) in [6.45, 7) is 9.61. The van der Waals surface area contributed by atoms with Crippen molar-refractivity contribution >= 4 is 11.3 Å². The number of hydrogen-bond acceptors (Lipinski definition) is 3. The molecular formula is C17H24N2S. The van der Waals surface area contributed by atoms with Gasteiger partial charge in [0.15, 0.2) is 0 Å². The molecule has 1 atom stereocenters. The summed E-state index contributed by atoms with van der Waals surface area (Å²) >= 11 is 1.80. The zero-order valence-electron chi connectivity index (χ0n) is 12.9. The lowest BCUT2D eigenvalue weighted by molar-refractivity contribution is 0.602. The van der Waals surface area contributed by atoms with Crippen LogP contribution in [0, 0.1) is 13.8 Å². The summed E-state index contributed by atoms with van der Waals surface area (Å²) in [4.78, 5) is 5.93. The number of benzene rings is 1. The summed E-state index contributed by atoms with van der Waals surface area (Å²) in [5.74, 6) is 0. The molecule has 2 nitrogen and oxygen atoms in total. The average Bonchev–Trinajstić information content (AvgIpc) is 2.79. The highest BCUT2D eigenvalue weighted by Gasteiger charge is 2.18. The van der Waals surface area contributed by atoms with Gasteiger partial charge >= 0.3 is 0 Å². The van der Waals surface area contributed by atoms with Gasteiger partial charge in [0.25, 0.3) is 0 Å². The van der Waals surface area contributed by atoms with E-state index in [0.29, 0.717) is 0 Å². The molecule has 0 aliphatic heterocycles. The third kappa shape index (κ3) is 3.47. The van der Waals surface area contributed by atoms with Crippen molar-refractivity contribution < 1.29 is 0 Å². The van der Waals surface area contributed by atoms with Gasteiger partial charge in [0, 0.05) is 4.88 Å². The molecule has 0 amide bonds. The van der Waals surface area contributed by atoms with Crippen LogP contribution in [0.2, 0.25) is 0 Å². The van der Waals surface area contributed by atoms with Crippen molar-refractivity contribution in [3.05, 3.63) is 51.0 Å². The zero-order chi connectivity index (χ0) is 14.5. The molecule has 0 fully saturated rings. The Morgan fingerprint density at radius 1 is 1.15 bits per heavy atom. The van der Waals surface area contributed by atoms with Gasteiger partial charge in [0.2, 0.25) is 0 Å². The molecule has 0 saturated carbocycles. The Morgan fingerprint density at radius 2 is 1.85 bits per heavy atom. The lowest BCUT2D eigenvalue weighted by atomic mass is 10.0. The highest BCUT2D eigenvalue weighted by atomic mass is 32.1. The molecule has 1 heterocycles. The van der Waals surface area contributed by atoms with Crippen molar-refractivity contribution in [3.63, 3.8) is 0 Å². The van der Waals surface area contributed by atoms with E-state index in [-0.39, 0.29) is 6.04 Å². The van der Waals surface area contributed by atoms with E-state index in [0.717, 1.165) is 30.1 Å². The van der Waals surface area contributed by atoms with Crippen LogP contribution in [-0.2, 0) is 6.42 Å². The number of thiazole rings is 1. The molecule has 0 saturated heterocycles. The summed E-state index contributed by atoms with van der Waals surface area (Å²) in [7, 11) is 0. The summed E-state index contributed by atoms with van der Waals surface area (Å²) in [6, 6.07) is 9.24. The van der Waals surface area contributed by atoms with E-state index >= 15 is 0 Å². The molecule has 20 heavy (non-hydrogen) atoms. The van der Waals surface area contributed by atoms with E-state index in [1.807, 2.05) is 0 Å². The Morgan fingerprint density at radius 3 is 2.35 bits per heavy atom. The Kier molecular flexibility index (Phi) is 5.32. The quantitative estimate of drug-likeness (QED) is 0.851. The average molecular weight is 288 g/mol. The van der Waals surface area contributed by atoms with Gasteiger partial charge in [-0.1, -0.05) is 38.1 Å². The van der Waals surface area contributed by atoms with Crippen LogP contribution in [0.4, 0.5) is 0 Å². The Bertz CT molecular complexity index is 543. The van der Waals surface area contributed by atoms with Gasteiger partial charge in [0.05, 0.1) is 16.7 Å². The van der Waals surface area contributed by atoms with Crippen molar-refractivity contribution in [2.75, 3.05) is 6.54 Å². The fourth-order valence-corrected chi connectivity index (χ4v) is 3.44. The minimum atomic E-state index is 0.270. The monoisotopic (exact) mass is 288 g/mol. The van der Waals surface area contributed by atoms with Crippen LogP contribution < -0.4 is 5.32 Å². The summed E-state index contributed by atoms with van der Waals surface area (Å²) < 4.78 is 0. The maximum absolute atomic E-state index is 4.58. The highest BCUT2D eigenvalue weighted by molar-refractivity contribution is 7.11. The molecule has 108 valence electrons. The minimum Gasteiger partial charge on any atom is -0.306 e. The molecule has 2 rings (SSSR count). The second kappa shape index (κ2) is 7.00. The van der Waals surface area contributed by atoms with Gasteiger partial charge in [-0.05, 0) is 44.4 Å². The SMILES string of the molecule is CCCNC(c1ccc(CC)cc1)c1sc(C)nc1C. The zero-order valence-corrected chi connectivity index (χ0v) is 13.7. The predicted molar refractivity (Wildman–Crippen MR) is 87.5 cm³/mol. The Balaban J connectivity index is 2.33. The van der Waals surface area contributed by atoms with Crippen molar-refractivity contribution in [1.29, 1.82) is 0 Å². The molecule has 1 aromatic carbocycles. The third-order valence-corrected chi connectivity index (χ3v) is 4.66. The smallest absolute Gasteiger partial charge is 0.0900 e. The Labute approximate surface area is 126 Å². The van der Waals surface area contributed by atoms with E-state index in [4.69, 9.17) is 0 Å². The molecule has 1 unspecified atom stereocenters. The standard InChI is InChI=1S/C17H24N2S/c1-5-11-18-16(17-12(3)19-13(4)20-17)15-9-7-14(6-2)8-10-15/h7-10,16,18H,5-6,11H2,1-4H3.